The summed E-state index contributed by atoms with van der Waals surface area (Å²) in [5.41, 5.74) is 0. The van der Waals surface area contributed by atoms with Gasteiger partial charge in [-0.05, 0) is 83.5 Å². The molecule has 0 spiro atoms. The Morgan fingerprint density at radius 1 is 0.280 bits per heavy atom. The molecule has 75 heavy (non-hydrogen) atoms. The van der Waals surface area contributed by atoms with Gasteiger partial charge in [-0.3, -0.25) is 14.4 Å². The van der Waals surface area contributed by atoms with Crippen LogP contribution in [0.25, 0.3) is 0 Å². The Morgan fingerprint density at radius 3 is 0.880 bits per heavy atom. The van der Waals surface area contributed by atoms with Gasteiger partial charge >= 0.3 is 17.9 Å². The van der Waals surface area contributed by atoms with Gasteiger partial charge in [0.2, 0.25) is 0 Å². The van der Waals surface area contributed by atoms with Crippen LogP contribution in [0.15, 0.2) is 72.9 Å². The van der Waals surface area contributed by atoms with Gasteiger partial charge in [0.15, 0.2) is 6.10 Å². The molecule has 0 bridgehead atoms. The largest absolute Gasteiger partial charge is 0.462 e. The highest BCUT2D eigenvalue weighted by Gasteiger charge is 2.19. The van der Waals surface area contributed by atoms with Gasteiger partial charge in [0.1, 0.15) is 13.2 Å². The molecule has 0 radical (unpaired) electrons. The molecule has 0 saturated carbocycles. The van der Waals surface area contributed by atoms with E-state index in [-0.39, 0.29) is 37.5 Å². The summed E-state index contributed by atoms with van der Waals surface area (Å²) in [5, 5.41) is 0. The van der Waals surface area contributed by atoms with E-state index in [0.717, 1.165) is 77.0 Å². The van der Waals surface area contributed by atoms with E-state index < -0.39 is 6.10 Å². The summed E-state index contributed by atoms with van der Waals surface area (Å²) in [4.78, 5) is 38.3. The molecule has 0 saturated heterocycles. The van der Waals surface area contributed by atoms with Crippen LogP contribution in [0.1, 0.15) is 329 Å². The number of carbonyl (C=O) groups is 3. The van der Waals surface area contributed by atoms with Crippen LogP contribution < -0.4 is 0 Å². The zero-order valence-electron chi connectivity index (χ0n) is 49.8. The molecule has 0 aliphatic heterocycles. The van der Waals surface area contributed by atoms with Gasteiger partial charge in [-0.2, -0.15) is 0 Å². The molecule has 0 aromatic rings. The standard InChI is InChI=1S/C69H122O6/c1-4-7-10-13-16-19-22-25-28-31-33-34-36-38-41-44-47-50-53-56-59-62-68(71)74-65-66(64-73-67(70)61-58-55-52-49-46-43-40-37-30-27-24-21-18-15-12-9-6-3)75-69(72)63-60-57-54-51-48-45-42-39-35-32-29-26-23-20-17-14-11-8-5-2/h9,12,18,21,26-27,29-30,40,43,49,52,66H,4-8,10-11,13-17,19-20,22-25,28,31-39,41-42,44-48,50-51,53-65H2,1-3H3/b12-9-,21-18-,29-26-,30-27-,43-40-,52-49-. The zero-order chi connectivity index (χ0) is 54.3. The first kappa shape index (κ1) is 71.8. The summed E-state index contributed by atoms with van der Waals surface area (Å²) in [7, 11) is 0. The van der Waals surface area contributed by atoms with Gasteiger partial charge in [0.25, 0.3) is 0 Å². The third kappa shape index (κ3) is 61.6. The number of esters is 3. The lowest BCUT2D eigenvalue weighted by atomic mass is 10.0. The maximum Gasteiger partial charge on any atom is 0.306 e. The molecule has 434 valence electrons. The summed E-state index contributed by atoms with van der Waals surface area (Å²) >= 11 is 0. The van der Waals surface area contributed by atoms with Crippen molar-refractivity contribution in [3.05, 3.63) is 72.9 Å². The monoisotopic (exact) mass is 1050 g/mol. The Hall–Kier alpha value is -3.15. The van der Waals surface area contributed by atoms with Crippen molar-refractivity contribution in [2.45, 2.75) is 335 Å². The van der Waals surface area contributed by atoms with Crippen molar-refractivity contribution in [2.75, 3.05) is 13.2 Å². The molecule has 0 amide bonds. The van der Waals surface area contributed by atoms with Crippen molar-refractivity contribution in [3.63, 3.8) is 0 Å². The van der Waals surface area contributed by atoms with Crippen LogP contribution >= 0.6 is 0 Å². The molecule has 0 aromatic heterocycles. The first-order chi connectivity index (χ1) is 37.0. The van der Waals surface area contributed by atoms with E-state index in [2.05, 4.69) is 93.7 Å². The number of ether oxygens (including phenoxy) is 3. The van der Waals surface area contributed by atoms with Gasteiger partial charge in [0, 0.05) is 19.3 Å². The summed E-state index contributed by atoms with van der Waals surface area (Å²) < 4.78 is 16.9. The number of unbranched alkanes of at least 4 members (excludes halogenated alkanes) is 36. The van der Waals surface area contributed by atoms with E-state index >= 15 is 0 Å². The van der Waals surface area contributed by atoms with Gasteiger partial charge in [-0.25, -0.2) is 0 Å². The van der Waals surface area contributed by atoms with Crippen molar-refractivity contribution >= 4 is 17.9 Å². The lowest BCUT2D eigenvalue weighted by Crippen LogP contribution is -2.30. The molecule has 0 fully saturated rings. The van der Waals surface area contributed by atoms with Crippen LogP contribution in [0.4, 0.5) is 0 Å². The van der Waals surface area contributed by atoms with E-state index in [4.69, 9.17) is 14.2 Å². The van der Waals surface area contributed by atoms with Gasteiger partial charge in [0.05, 0.1) is 0 Å². The fourth-order valence-corrected chi connectivity index (χ4v) is 9.36. The van der Waals surface area contributed by atoms with Gasteiger partial charge in [-0.1, -0.05) is 299 Å². The predicted octanol–water partition coefficient (Wildman–Crippen LogP) is 22.1. The van der Waals surface area contributed by atoms with E-state index in [1.54, 1.807) is 0 Å². The highest BCUT2D eigenvalue weighted by molar-refractivity contribution is 5.71. The number of hydrogen-bond donors (Lipinski definition) is 0. The van der Waals surface area contributed by atoms with Crippen molar-refractivity contribution < 1.29 is 28.6 Å². The second kappa shape index (κ2) is 63.4. The minimum atomic E-state index is -0.799. The molecule has 6 heteroatoms. The molecule has 0 aliphatic rings. The van der Waals surface area contributed by atoms with Crippen molar-refractivity contribution in [1.29, 1.82) is 0 Å². The van der Waals surface area contributed by atoms with E-state index in [1.165, 1.54) is 205 Å². The zero-order valence-corrected chi connectivity index (χ0v) is 49.8. The second-order valence-corrected chi connectivity index (χ2v) is 21.6. The summed E-state index contributed by atoms with van der Waals surface area (Å²) in [6, 6.07) is 0. The topological polar surface area (TPSA) is 78.9 Å². The number of allylic oxidation sites excluding steroid dienone is 12. The number of hydrogen-bond acceptors (Lipinski definition) is 6. The fourth-order valence-electron chi connectivity index (χ4n) is 9.36. The quantitative estimate of drug-likeness (QED) is 0.0261. The van der Waals surface area contributed by atoms with Crippen LogP contribution in [0.5, 0.6) is 0 Å². The molecule has 0 N–H and O–H groups in total. The highest BCUT2D eigenvalue weighted by Crippen LogP contribution is 2.17. The summed E-state index contributed by atoms with van der Waals surface area (Å²) in [6.07, 6.45) is 82.0. The minimum absolute atomic E-state index is 0.0907. The normalized spacial score (nSPS) is 12.5. The third-order valence-corrected chi connectivity index (χ3v) is 14.2. The molecule has 0 aliphatic carbocycles. The van der Waals surface area contributed by atoms with Gasteiger partial charge in [-0.15, -0.1) is 0 Å². The third-order valence-electron chi connectivity index (χ3n) is 14.2. The van der Waals surface area contributed by atoms with Crippen molar-refractivity contribution in [2.24, 2.45) is 0 Å². The van der Waals surface area contributed by atoms with E-state index in [9.17, 15) is 14.4 Å². The average molecular weight is 1050 g/mol. The molecule has 1 atom stereocenters. The molecule has 0 aromatic carbocycles. The predicted molar refractivity (Wildman–Crippen MR) is 325 cm³/mol. The molecule has 0 rings (SSSR count). The summed E-state index contributed by atoms with van der Waals surface area (Å²) in [5.74, 6) is -0.936. The SMILES string of the molecule is CC/C=C\C/C=C\C/C=C\C/C=C\C/C=C\CCCC(=O)OCC(COC(=O)CCCCCCCCCCCCCCCCCCCCCCC)OC(=O)CCCCCCCCCCC/C=C\CCCCCCCC. The van der Waals surface area contributed by atoms with Crippen LogP contribution in [-0.4, -0.2) is 37.2 Å². The smallest absolute Gasteiger partial charge is 0.306 e. The highest BCUT2D eigenvalue weighted by atomic mass is 16.6. The Bertz CT molecular complexity index is 1390. The lowest BCUT2D eigenvalue weighted by Gasteiger charge is -2.18. The van der Waals surface area contributed by atoms with Crippen LogP contribution in [-0.2, 0) is 28.6 Å². The first-order valence-electron chi connectivity index (χ1n) is 32.4. The molecule has 0 heterocycles. The fraction of sp³-hybridized carbons (Fsp3) is 0.783. The summed E-state index contributed by atoms with van der Waals surface area (Å²) in [6.45, 7) is 6.52. The van der Waals surface area contributed by atoms with Gasteiger partial charge < -0.3 is 14.2 Å². The van der Waals surface area contributed by atoms with Crippen LogP contribution in [0.2, 0.25) is 0 Å². The number of rotatable bonds is 59. The first-order valence-corrected chi connectivity index (χ1v) is 32.4. The Kier molecular flexibility index (Phi) is 60.7. The molecular weight excluding hydrogens is 925 g/mol. The second-order valence-electron chi connectivity index (χ2n) is 21.6. The van der Waals surface area contributed by atoms with E-state index in [1.807, 2.05) is 0 Å². The Morgan fingerprint density at radius 2 is 0.533 bits per heavy atom. The molecular formula is C69H122O6. The van der Waals surface area contributed by atoms with Crippen molar-refractivity contribution in [1.82, 2.24) is 0 Å². The maximum absolute atomic E-state index is 12.9. The maximum atomic E-state index is 12.9. The Labute approximate surface area is 465 Å². The van der Waals surface area contributed by atoms with E-state index in [0.29, 0.717) is 19.3 Å². The molecule has 1 unspecified atom stereocenters. The lowest BCUT2D eigenvalue weighted by molar-refractivity contribution is -0.167. The molecule has 6 nitrogen and oxygen atoms in total. The Balaban J connectivity index is 4.40. The average Bonchev–Trinajstić information content (AvgIpc) is 3.41. The van der Waals surface area contributed by atoms with Crippen molar-refractivity contribution in [3.8, 4) is 0 Å². The number of carbonyl (C=O) groups excluding carboxylic acids is 3. The van der Waals surface area contributed by atoms with Crippen LogP contribution in [0.3, 0.4) is 0 Å². The minimum Gasteiger partial charge on any atom is -0.462 e. The van der Waals surface area contributed by atoms with Crippen LogP contribution in [0, 0.1) is 0 Å².